The fourth-order valence-corrected chi connectivity index (χ4v) is 3.41. The Morgan fingerprint density at radius 3 is 2.68 bits per heavy atom. The molecule has 0 amide bonds. The van der Waals surface area contributed by atoms with Crippen LogP contribution in [0.1, 0.15) is 11.1 Å². The molecule has 2 N–H and O–H groups in total. The third-order valence-electron chi connectivity index (χ3n) is 2.69. The molecular formula is C14H13BrFNOS. The molecule has 0 radical (unpaired) electrons. The smallest absolute Gasteiger partial charge is 0.127 e. The van der Waals surface area contributed by atoms with Gasteiger partial charge in [-0.1, -0.05) is 34.1 Å². The molecule has 2 rings (SSSR count). The summed E-state index contributed by atoms with van der Waals surface area (Å²) in [5.41, 5.74) is 6.73. The second-order valence-electron chi connectivity index (χ2n) is 4.08. The second kappa shape index (κ2) is 6.41. The van der Waals surface area contributed by atoms with Gasteiger partial charge in [0.2, 0.25) is 0 Å². The summed E-state index contributed by atoms with van der Waals surface area (Å²) in [6.07, 6.45) is 0. The molecule has 5 heteroatoms. The van der Waals surface area contributed by atoms with Gasteiger partial charge in [-0.15, -0.1) is 0 Å². The van der Waals surface area contributed by atoms with Crippen molar-refractivity contribution in [1.82, 2.24) is 0 Å². The Labute approximate surface area is 122 Å². The first-order valence-corrected chi connectivity index (χ1v) is 7.82. The lowest BCUT2D eigenvalue weighted by atomic mass is 10.1. The van der Waals surface area contributed by atoms with Gasteiger partial charge in [-0.05, 0) is 29.8 Å². The van der Waals surface area contributed by atoms with Crippen molar-refractivity contribution in [2.24, 2.45) is 5.73 Å². The number of nitrogens with two attached hydrogens (primary N) is 1. The average molecular weight is 342 g/mol. The summed E-state index contributed by atoms with van der Waals surface area (Å²) in [7, 11) is -1.15. The van der Waals surface area contributed by atoms with Crippen molar-refractivity contribution >= 4 is 26.7 Å². The molecular weight excluding hydrogens is 329 g/mol. The highest BCUT2D eigenvalue weighted by Crippen LogP contribution is 2.18. The lowest BCUT2D eigenvalue weighted by Crippen LogP contribution is -2.02. The topological polar surface area (TPSA) is 43.1 Å². The fourth-order valence-electron chi connectivity index (χ4n) is 1.72. The predicted octanol–water partition coefficient (Wildman–Crippen LogP) is 3.35. The summed E-state index contributed by atoms with van der Waals surface area (Å²) in [6.45, 7) is 0.142. The van der Waals surface area contributed by atoms with Gasteiger partial charge in [-0.2, -0.15) is 0 Å². The second-order valence-corrected chi connectivity index (χ2v) is 6.44. The predicted molar refractivity (Wildman–Crippen MR) is 78.5 cm³/mol. The first-order valence-electron chi connectivity index (χ1n) is 5.71. The molecule has 1 atom stereocenters. The molecule has 0 saturated heterocycles. The van der Waals surface area contributed by atoms with Crippen molar-refractivity contribution < 1.29 is 8.60 Å². The van der Waals surface area contributed by atoms with E-state index in [1.165, 1.54) is 6.07 Å². The highest BCUT2D eigenvalue weighted by molar-refractivity contribution is 9.10. The van der Waals surface area contributed by atoms with E-state index in [1.807, 2.05) is 24.3 Å². The average Bonchev–Trinajstić information content (AvgIpc) is 2.41. The van der Waals surface area contributed by atoms with Crippen LogP contribution < -0.4 is 5.73 Å². The summed E-state index contributed by atoms with van der Waals surface area (Å²) in [5.74, 6) is 0.0310. The highest BCUT2D eigenvalue weighted by atomic mass is 79.9. The Kier molecular flexibility index (Phi) is 4.85. The third-order valence-corrected chi connectivity index (χ3v) is 4.56. The van der Waals surface area contributed by atoms with Crippen LogP contribution >= 0.6 is 15.9 Å². The van der Waals surface area contributed by atoms with E-state index in [0.29, 0.717) is 11.3 Å². The number of halogens is 2. The molecule has 0 bridgehead atoms. The van der Waals surface area contributed by atoms with Gasteiger partial charge in [-0.25, -0.2) is 4.39 Å². The summed E-state index contributed by atoms with van der Waals surface area (Å²) in [5, 5.41) is 0. The Balaban J connectivity index is 2.19. The van der Waals surface area contributed by atoms with Crippen LogP contribution in [0, 0.1) is 5.82 Å². The maximum absolute atomic E-state index is 13.3. The van der Waals surface area contributed by atoms with Crippen LogP contribution in [0.3, 0.4) is 0 Å². The van der Waals surface area contributed by atoms with Gasteiger partial charge < -0.3 is 5.73 Å². The normalized spacial score (nSPS) is 12.4. The Hall–Kier alpha value is -1.04. The van der Waals surface area contributed by atoms with E-state index in [9.17, 15) is 8.60 Å². The molecule has 2 aromatic carbocycles. The maximum atomic E-state index is 13.3. The third kappa shape index (κ3) is 3.72. The highest BCUT2D eigenvalue weighted by Gasteiger charge is 2.08. The molecule has 2 nitrogen and oxygen atoms in total. The van der Waals surface area contributed by atoms with E-state index in [2.05, 4.69) is 15.9 Å². The zero-order valence-corrected chi connectivity index (χ0v) is 12.5. The van der Waals surface area contributed by atoms with Crippen LogP contribution in [-0.4, -0.2) is 4.21 Å². The van der Waals surface area contributed by atoms with E-state index >= 15 is 0 Å². The van der Waals surface area contributed by atoms with Crippen LogP contribution in [0.4, 0.5) is 4.39 Å². The van der Waals surface area contributed by atoms with Crippen molar-refractivity contribution in [1.29, 1.82) is 0 Å². The van der Waals surface area contributed by atoms with E-state index in [4.69, 9.17) is 5.73 Å². The minimum atomic E-state index is -1.15. The monoisotopic (exact) mass is 341 g/mol. The van der Waals surface area contributed by atoms with E-state index in [-0.39, 0.29) is 12.4 Å². The largest absolute Gasteiger partial charge is 0.326 e. The van der Waals surface area contributed by atoms with Gasteiger partial charge in [-0.3, -0.25) is 4.21 Å². The fraction of sp³-hybridized carbons (Fsp3) is 0.143. The number of benzene rings is 2. The summed E-state index contributed by atoms with van der Waals surface area (Å²) in [4.78, 5) is 0.744. The molecule has 100 valence electrons. The van der Waals surface area contributed by atoms with Crippen LogP contribution in [0.2, 0.25) is 0 Å². The molecule has 0 spiro atoms. The van der Waals surface area contributed by atoms with Crippen LogP contribution in [0.5, 0.6) is 0 Å². The van der Waals surface area contributed by atoms with Crippen molar-refractivity contribution in [3.05, 3.63) is 63.9 Å². The lowest BCUT2D eigenvalue weighted by molar-refractivity contribution is 0.610. The molecule has 2 aromatic rings. The van der Waals surface area contributed by atoms with E-state index < -0.39 is 10.8 Å². The molecule has 19 heavy (non-hydrogen) atoms. The Morgan fingerprint density at radius 2 is 2.00 bits per heavy atom. The van der Waals surface area contributed by atoms with Crippen LogP contribution in [-0.2, 0) is 23.1 Å². The number of rotatable bonds is 4. The first-order chi connectivity index (χ1) is 9.10. The van der Waals surface area contributed by atoms with Crippen molar-refractivity contribution in [2.75, 3.05) is 0 Å². The SMILES string of the molecule is NCc1cc(CS(=O)c2cccc(Br)c2)ccc1F. The zero-order valence-electron chi connectivity index (χ0n) is 10.1. The van der Waals surface area contributed by atoms with E-state index in [1.54, 1.807) is 12.1 Å². The van der Waals surface area contributed by atoms with Gasteiger partial charge in [0.25, 0.3) is 0 Å². The van der Waals surface area contributed by atoms with Gasteiger partial charge in [0.05, 0.1) is 16.6 Å². The number of hydrogen-bond acceptors (Lipinski definition) is 2. The Bertz CT molecular complexity index is 618. The quantitative estimate of drug-likeness (QED) is 0.926. The molecule has 1 unspecified atom stereocenters. The zero-order chi connectivity index (χ0) is 13.8. The van der Waals surface area contributed by atoms with Crippen molar-refractivity contribution in [3.63, 3.8) is 0 Å². The standard InChI is InChI=1S/C14H13BrFNOS/c15-12-2-1-3-13(7-12)19(18)9-10-4-5-14(16)11(6-10)8-17/h1-7H,8-9,17H2. The van der Waals surface area contributed by atoms with Gasteiger partial charge in [0, 0.05) is 21.5 Å². The maximum Gasteiger partial charge on any atom is 0.127 e. The molecule has 0 aliphatic carbocycles. The molecule has 0 fully saturated rings. The van der Waals surface area contributed by atoms with Gasteiger partial charge >= 0.3 is 0 Å². The molecule has 0 heterocycles. The summed E-state index contributed by atoms with van der Waals surface area (Å²) >= 11 is 3.35. The van der Waals surface area contributed by atoms with Gasteiger partial charge in [0.15, 0.2) is 0 Å². The van der Waals surface area contributed by atoms with Gasteiger partial charge in [0.1, 0.15) is 5.82 Å². The number of hydrogen-bond donors (Lipinski definition) is 1. The van der Waals surface area contributed by atoms with Crippen molar-refractivity contribution in [3.8, 4) is 0 Å². The summed E-state index contributed by atoms with van der Waals surface area (Å²) < 4.78 is 26.4. The summed E-state index contributed by atoms with van der Waals surface area (Å²) in [6, 6.07) is 12.0. The molecule has 0 saturated carbocycles. The van der Waals surface area contributed by atoms with Crippen LogP contribution in [0.25, 0.3) is 0 Å². The molecule has 0 aliphatic heterocycles. The molecule has 0 aromatic heterocycles. The lowest BCUT2D eigenvalue weighted by Gasteiger charge is -2.06. The first kappa shape index (κ1) is 14.4. The molecule has 0 aliphatic rings. The van der Waals surface area contributed by atoms with Crippen LogP contribution in [0.15, 0.2) is 51.8 Å². The van der Waals surface area contributed by atoms with E-state index in [0.717, 1.165) is 14.9 Å². The minimum Gasteiger partial charge on any atom is -0.326 e. The Morgan fingerprint density at radius 1 is 1.21 bits per heavy atom. The van der Waals surface area contributed by atoms with Crippen molar-refractivity contribution in [2.45, 2.75) is 17.2 Å². The minimum absolute atomic E-state index is 0.142.